The number of carboxylic acids is 1. The summed E-state index contributed by atoms with van der Waals surface area (Å²) in [6.07, 6.45) is 1.49. The van der Waals surface area contributed by atoms with Crippen LogP contribution in [0.5, 0.6) is 0 Å². The predicted molar refractivity (Wildman–Crippen MR) is 68.0 cm³/mol. The number of carboxylic acid groups (broad SMARTS) is 1. The molecule has 0 saturated carbocycles. The lowest BCUT2D eigenvalue weighted by atomic mass is 10.3. The molecule has 2 aromatic rings. The highest BCUT2D eigenvalue weighted by Crippen LogP contribution is 2.09. The number of rotatable bonds is 5. The third kappa shape index (κ3) is 3.38. The molecule has 2 N–H and O–H groups in total. The zero-order valence-corrected chi connectivity index (χ0v) is 10.9. The number of aromatic nitrogens is 3. The minimum Gasteiger partial charge on any atom is -0.480 e. The van der Waals surface area contributed by atoms with E-state index in [-0.39, 0.29) is 5.69 Å². The van der Waals surface area contributed by atoms with Crippen LogP contribution in [0, 0.1) is 0 Å². The van der Waals surface area contributed by atoms with Crippen molar-refractivity contribution in [1.82, 2.24) is 20.3 Å². The Balaban J connectivity index is 2.00. The normalized spacial score (nSPS) is 12.1. The second-order valence-electron chi connectivity index (χ2n) is 3.91. The van der Waals surface area contributed by atoms with Gasteiger partial charge >= 0.3 is 5.97 Å². The first kappa shape index (κ1) is 13.2. The number of hydrogen-bond donors (Lipinski definition) is 2. The Kier molecular flexibility index (Phi) is 3.91. The standard InChI is InChI=1S/C11H12N4O3S/c1-7(11(17)18)12-10(16)9-6-15(14-13-9)5-8-3-2-4-19-8/h2-4,6-7H,5H2,1H3,(H,12,16)(H,17,18). The van der Waals surface area contributed by atoms with Crippen molar-refractivity contribution in [3.8, 4) is 0 Å². The summed E-state index contributed by atoms with van der Waals surface area (Å²) in [4.78, 5) is 23.4. The SMILES string of the molecule is CC(NC(=O)c1cn(Cc2cccs2)nn1)C(=O)O. The quantitative estimate of drug-likeness (QED) is 0.835. The largest absolute Gasteiger partial charge is 0.480 e. The highest BCUT2D eigenvalue weighted by atomic mass is 32.1. The first-order chi connectivity index (χ1) is 9.06. The second kappa shape index (κ2) is 5.61. The topological polar surface area (TPSA) is 97.1 Å². The van der Waals surface area contributed by atoms with Gasteiger partial charge in [0.1, 0.15) is 6.04 Å². The van der Waals surface area contributed by atoms with Crippen molar-refractivity contribution in [1.29, 1.82) is 0 Å². The molecule has 8 heteroatoms. The van der Waals surface area contributed by atoms with Crippen LogP contribution >= 0.6 is 11.3 Å². The lowest BCUT2D eigenvalue weighted by Gasteiger charge is -2.06. The number of thiophene rings is 1. The van der Waals surface area contributed by atoms with Crippen molar-refractivity contribution in [2.75, 3.05) is 0 Å². The smallest absolute Gasteiger partial charge is 0.325 e. The molecule has 100 valence electrons. The number of amides is 1. The van der Waals surface area contributed by atoms with E-state index in [1.54, 1.807) is 11.3 Å². The van der Waals surface area contributed by atoms with Gasteiger partial charge in [-0.2, -0.15) is 0 Å². The average molecular weight is 280 g/mol. The van der Waals surface area contributed by atoms with Gasteiger partial charge in [0, 0.05) is 4.88 Å². The van der Waals surface area contributed by atoms with Crippen molar-refractivity contribution in [3.63, 3.8) is 0 Å². The molecule has 0 aliphatic carbocycles. The van der Waals surface area contributed by atoms with E-state index in [0.29, 0.717) is 6.54 Å². The average Bonchev–Trinajstić information content (AvgIpc) is 3.00. The molecule has 1 atom stereocenters. The van der Waals surface area contributed by atoms with Gasteiger partial charge in [0.2, 0.25) is 0 Å². The molecule has 1 unspecified atom stereocenters. The van der Waals surface area contributed by atoms with E-state index in [9.17, 15) is 9.59 Å². The van der Waals surface area contributed by atoms with Gasteiger partial charge in [-0.05, 0) is 18.4 Å². The van der Waals surface area contributed by atoms with Crippen molar-refractivity contribution in [2.45, 2.75) is 19.5 Å². The van der Waals surface area contributed by atoms with Crippen molar-refractivity contribution < 1.29 is 14.7 Å². The second-order valence-corrected chi connectivity index (χ2v) is 4.95. The summed E-state index contributed by atoms with van der Waals surface area (Å²) in [5.74, 6) is -1.65. The molecule has 0 bridgehead atoms. The Hall–Kier alpha value is -2.22. The summed E-state index contributed by atoms with van der Waals surface area (Å²) in [5, 5.41) is 20.5. The number of nitrogens with one attached hydrogen (secondary N) is 1. The summed E-state index contributed by atoms with van der Waals surface area (Å²) in [5.41, 5.74) is 0.102. The molecule has 0 radical (unpaired) electrons. The van der Waals surface area contributed by atoms with Gasteiger partial charge in [-0.1, -0.05) is 11.3 Å². The number of nitrogens with zero attached hydrogens (tertiary/aromatic N) is 3. The zero-order chi connectivity index (χ0) is 13.8. The fraction of sp³-hybridized carbons (Fsp3) is 0.273. The molecule has 2 aromatic heterocycles. The van der Waals surface area contributed by atoms with E-state index >= 15 is 0 Å². The molecule has 2 heterocycles. The monoisotopic (exact) mass is 280 g/mol. The fourth-order valence-electron chi connectivity index (χ4n) is 1.37. The van der Waals surface area contributed by atoms with Crippen molar-refractivity contribution in [2.24, 2.45) is 0 Å². The molecule has 0 fully saturated rings. The number of carbonyl (C=O) groups excluding carboxylic acids is 1. The first-order valence-electron chi connectivity index (χ1n) is 5.52. The van der Waals surface area contributed by atoms with Crippen molar-refractivity contribution in [3.05, 3.63) is 34.3 Å². The van der Waals surface area contributed by atoms with E-state index in [1.807, 2.05) is 17.5 Å². The summed E-state index contributed by atoms with van der Waals surface area (Å²) in [6.45, 7) is 1.92. The summed E-state index contributed by atoms with van der Waals surface area (Å²) in [7, 11) is 0. The van der Waals surface area contributed by atoms with Crippen LogP contribution in [0.2, 0.25) is 0 Å². The van der Waals surface area contributed by atoms with Crippen LogP contribution in [0.4, 0.5) is 0 Å². The van der Waals surface area contributed by atoms with Gasteiger partial charge in [-0.25, -0.2) is 4.68 Å². The maximum Gasteiger partial charge on any atom is 0.325 e. The summed E-state index contributed by atoms with van der Waals surface area (Å²) in [6, 6.07) is 2.92. The molecule has 19 heavy (non-hydrogen) atoms. The van der Waals surface area contributed by atoms with E-state index in [0.717, 1.165) is 4.88 Å². The molecule has 0 aliphatic heterocycles. The first-order valence-corrected chi connectivity index (χ1v) is 6.40. The molecule has 0 spiro atoms. The van der Waals surface area contributed by atoms with Gasteiger partial charge in [0.25, 0.3) is 5.91 Å². The molecule has 0 aromatic carbocycles. The molecular formula is C11H12N4O3S. The Morgan fingerprint density at radius 2 is 2.37 bits per heavy atom. The van der Waals surface area contributed by atoms with Crippen LogP contribution < -0.4 is 5.32 Å². The van der Waals surface area contributed by atoms with Gasteiger partial charge in [-0.15, -0.1) is 16.4 Å². The highest BCUT2D eigenvalue weighted by molar-refractivity contribution is 7.09. The lowest BCUT2D eigenvalue weighted by Crippen LogP contribution is -2.38. The van der Waals surface area contributed by atoms with Crippen LogP contribution in [0.3, 0.4) is 0 Å². The number of aliphatic carboxylic acids is 1. The lowest BCUT2D eigenvalue weighted by molar-refractivity contribution is -0.138. The molecular weight excluding hydrogens is 268 g/mol. The number of carbonyl (C=O) groups is 2. The predicted octanol–water partition coefficient (Wildman–Crippen LogP) is 0.591. The third-order valence-electron chi connectivity index (χ3n) is 2.39. The van der Waals surface area contributed by atoms with E-state index in [2.05, 4.69) is 15.6 Å². The maximum atomic E-state index is 11.7. The van der Waals surface area contributed by atoms with E-state index in [1.165, 1.54) is 17.8 Å². The van der Waals surface area contributed by atoms with Gasteiger partial charge < -0.3 is 10.4 Å². The fourth-order valence-corrected chi connectivity index (χ4v) is 2.07. The minimum absolute atomic E-state index is 0.102. The van der Waals surface area contributed by atoms with Crippen LogP contribution in [-0.2, 0) is 11.3 Å². The Labute approximate surface area is 112 Å². The summed E-state index contributed by atoms with van der Waals surface area (Å²) >= 11 is 1.58. The van der Waals surface area contributed by atoms with Gasteiger partial charge in [-0.3, -0.25) is 9.59 Å². The van der Waals surface area contributed by atoms with Crippen LogP contribution in [-0.4, -0.2) is 38.0 Å². The highest BCUT2D eigenvalue weighted by Gasteiger charge is 2.17. The molecule has 2 rings (SSSR count). The Bertz CT molecular complexity index is 579. The zero-order valence-electron chi connectivity index (χ0n) is 10.1. The molecule has 1 amide bonds. The van der Waals surface area contributed by atoms with Crippen LogP contribution in [0.25, 0.3) is 0 Å². The van der Waals surface area contributed by atoms with Crippen LogP contribution in [0.1, 0.15) is 22.3 Å². The maximum absolute atomic E-state index is 11.7. The number of hydrogen-bond acceptors (Lipinski definition) is 5. The van der Waals surface area contributed by atoms with Gasteiger partial charge in [0.05, 0.1) is 12.7 Å². The van der Waals surface area contributed by atoms with Gasteiger partial charge in [0.15, 0.2) is 5.69 Å². The van der Waals surface area contributed by atoms with E-state index in [4.69, 9.17) is 5.11 Å². The molecule has 0 saturated heterocycles. The Morgan fingerprint density at radius 3 is 3.00 bits per heavy atom. The molecule has 7 nitrogen and oxygen atoms in total. The summed E-state index contributed by atoms with van der Waals surface area (Å²) < 4.78 is 1.53. The van der Waals surface area contributed by atoms with Crippen molar-refractivity contribution >= 4 is 23.2 Å². The Morgan fingerprint density at radius 1 is 1.58 bits per heavy atom. The molecule has 0 aliphatic rings. The van der Waals surface area contributed by atoms with E-state index < -0.39 is 17.9 Å². The minimum atomic E-state index is -1.10. The van der Waals surface area contributed by atoms with Crippen LogP contribution in [0.15, 0.2) is 23.7 Å². The third-order valence-corrected chi connectivity index (χ3v) is 3.25.